The number of anilines is 1. The third-order valence-corrected chi connectivity index (χ3v) is 5.55. The van der Waals surface area contributed by atoms with Crippen molar-refractivity contribution in [3.8, 4) is 5.69 Å². The lowest BCUT2D eigenvalue weighted by atomic mass is 10.1. The Labute approximate surface area is 158 Å². The molecule has 1 amide bonds. The van der Waals surface area contributed by atoms with E-state index in [9.17, 15) is 4.79 Å². The highest BCUT2D eigenvalue weighted by Crippen LogP contribution is 2.26. The number of rotatable bonds is 5. The summed E-state index contributed by atoms with van der Waals surface area (Å²) in [5.74, 6) is 0.124. The number of para-hydroxylation sites is 1. The highest BCUT2D eigenvalue weighted by Gasteiger charge is 2.13. The van der Waals surface area contributed by atoms with E-state index in [1.807, 2.05) is 56.3 Å². The van der Waals surface area contributed by atoms with Crippen LogP contribution in [0.4, 0.5) is 5.69 Å². The van der Waals surface area contributed by atoms with Gasteiger partial charge in [-0.15, -0.1) is 5.10 Å². The third-order valence-electron chi connectivity index (χ3n) is 3.77. The highest BCUT2D eigenvalue weighted by atomic mass is 79.9. The molecule has 1 N–H and O–H groups in total. The third kappa shape index (κ3) is 4.08. The topological polar surface area (TPSA) is 72.7 Å². The smallest absolute Gasteiger partial charge is 0.234 e. The fourth-order valence-corrected chi connectivity index (χ4v) is 3.36. The van der Waals surface area contributed by atoms with Gasteiger partial charge in [-0.25, -0.2) is 0 Å². The Kier molecular flexibility index (Phi) is 5.50. The minimum Gasteiger partial charge on any atom is -0.325 e. The average Bonchev–Trinajstić information content (AvgIpc) is 3.10. The standard InChI is InChI=1S/C17H16BrN5OS/c1-11-12(2)15(9-8-14(11)18)19-16(24)10-25-17-20-21-22-23(17)13-6-4-3-5-7-13/h3-9H,10H2,1-2H3,(H,19,24). The molecule has 6 nitrogen and oxygen atoms in total. The van der Waals surface area contributed by atoms with E-state index in [0.717, 1.165) is 27.0 Å². The van der Waals surface area contributed by atoms with Crippen molar-refractivity contribution in [2.75, 3.05) is 11.1 Å². The maximum absolute atomic E-state index is 12.3. The molecule has 3 aromatic rings. The van der Waals surface area contributed by atoms with Crippen LogP contribution in [0.25, 0.3) is 5.69 Å². The SMILES string of the molecule is Cc1c(Br)ccc(NC(=O)CSc2nnnn2-c2ccccc2)c1C. The number of benzene rings is 2. The molecule has 0 saturated carbocycles. The van der Waals surface area contributed by atoms with Gasteiger partial charge in [-0.1, -0.05) is 45.9 Å². The van der Waals surface area contributed by atoms with E-state index in [2.05, 4.69) is 36.8 Å². The quantitative estimate of drug-likeness (QED) is 0.639. The molecule has 3 rings (SSSR count). The first kappa shape index (κ1) is 17.6. The van der Waals surface area contributed by atoms with Crippen LogP contribution < -0.4 is 5.32 Å². The molecular formula is C17H16BrN5OS. The summed E-state index contributed by atoms with van der Waals surface area (Å²) < 4.78 is 2.65. The summed E-state index contributed by atoms with van der Waals surface area (Å²) >= 11 is 4.79. The fraction of sp³-hybridized carbons (Fsp3) is 0.176. The van der Waals surface area contributed by atoms with E-state index in [0.29, 0.717) is 5.16 Å². The van der Waals surface area contributed by atoms with Gasteiger partial charge in [0.05, 0.1) is 11.4 Å². The van der Waals surface area contributed by atoms with E-state index in [4.69, 9.17) is 0 Å². The maximum Gasteiger partial charge on any atom is 0.234 e. The highest BCUT2D eigenvalue weighted by molar-refractivity contribution is 9.10. The van der Waals surface area contributed by atoms with Gasteiger partial charge in [0.15, 0.2) is 0 Å². The summed E-state index contributed by atoms with van der Waals surface area (Å²) in [5, 5.41) is 15.2. The van der Waals surface area contributed by atoms with Gasteiger partial charge in [0, 0.05) is 10.2 Å². The zero-order valence-electron chi connectivity index (χ0n) is 13.7. The molecule has 128 valence electrons. The molecule has 0 unspecified atom stereocenters. The van der Waals surface area contributed by atoms with Gasteiger partial charge < -0.3 is 5.32 Å². The van der Waals surface area contributed by atoms with Crippen LogP contribution in [0.3, 0.4) is 0 Å². The molecule has 1 aromatic heterocycles. The van der Waals surface area contributed by atoms with Crippen molar-refractivity contribution < 1.29 is 4.79 Å². The Morgan fingerprint density at radius 1 is 1.16 bits per heavy atom. The molecule has 0 bridgehead atoms. The Morgan fingerprint density at radius 3 is 2.68 bits per heavy atom. The van der Waals surface area contributed by atoms with E-state index in [-0.39, 0.29) is 11.7 Å². The number of halogens is 1. The molecule has 0 saturated heterocycles. The zero-order valence-corrected chi connectivity index (χ0v) is 16.1. The Hall–Kier alpha value is -2.19. The van der Waals surface area contributed by atoms with Crippen LogP contribution >= 0.6 is 27.7 Å². The molecule has 0 aliphatic heterocycles. The lowest BCUT2D eigenvalue weighted by Gasteiger charge is -2.11. The van der Waals surface area contributed by atoms with Crippen LogP contribution in [0.2, 0.25) is 0 Å². The van der Waals surface area contributed by atoms with E-state index < -0.39 is 0 Å². The number of hydrogen-bond donors (Lipinski definition) is 1. The number of nitrogens with zero attached hydrogens (tertiary/aromatic N) is 4. The van der Waals surface area contributed by atoms with Crippen molar-refractivity contribution in [1.29, 1.82) is 0 Å². The molecule has 0 radical (unpaired) electrons. The van der Waals surface area contributed by atoms with Gasteiger partial charge in [0.2, 0.25) is 11.1 Å². The number of carbonyl (C=O) groups is 1. The zero-order chi connectivity index (χ0) is 17.8. The number of thioether (sulfide) groups is 1. The largest absolute Gasteiger partial charge is 0.325 e. The lowest BCUT2D eigenvalue weighted by molar-refractivity contribution is -0.113. The van der Waals surface area contributed by atoms with Crippen molar-refractivity contribution >= 4 is 39.3 Å². The second-order valence-corrected chi connectivity index (χ2v) is 7.19. The molecule has 0 spiro atoms. The molecule has 25 heavy (non-hydrogen) atoms. The molecule has 1 heterocycles. The second-order valence-electron chi connectivity index (χ2n) is 5.39. The van der Waals surface area contributed by atoms with Crippen LogP contribution in [0.1, 0.15) is 11.1 Å². The van der Waals surface area contributed by atoms with E-state index in [1.165, 1.54) is 11.8 Å². The van der Waals surface area contributed by atoms with Crippen molar-refractivity contribution in [1.82, 2.24) is 20.2 Å². The number of amides is 1. The predicted molar refractivity (Wildman–Crippen MR) is 102 cm³/mol. The fourth-order valence-electron chi connectivity index (χ4n) is 2.24. The van der Waals surface area contributed by atoms with Crippen molar-refractivity contribution in [3.63, 3.8) is 0 Å². The summed E-state index contributed by atoms with van der Waals surface area (Å²) in [6, 6.07) is 13.4. The molecule has 0 aliphatic carbocycles. The molecule has 2 aromatic carbocycles. The van der Waals surface area contributed by atoms with Crippen LogP contribution in [0.15, 0.2) is 52.1 Å². The summed E-state index contributed by atoms with van der Waals surface area (Å²) in [7, 11) is 0. The first-order valence-corrected chi connectivity index (χ1v) is 9.36. The number of tetrazole rings is 1. The number of aromatic nitrogens is 4. The van der Waals surface area contributed by atoms with Gasteiger partial charge in [-0.2, -0.15) is 4.68 Å². The van der Waals surface area contributed by atoms with Crippen molar-refractivity contribution in [2.45, 2.75) is 19.0 Å². The molecule has 0 fully saturated rings. The summed E-state index contributed by atoms with van der Waals surface area (Å²) in [5.41, 5.74) is 3.82. The van der Waals surface area contributed by atoms with Gasteiger partial charge in [0.1, 0.15) is 0 Å². The van der Waals surface area contributed by atoms with Gasteiger partial charge in [-0.3, -0.25) is 4.79 Å². The molecule has 8 heteroatoms. The maximum atomic E-state index is 12.3. The van der Waals surface area contributed by atoms with E-state index >= 15 is 0 Å². The van der Waals surface area contributed by atoms with Crippen LogP contribution in [0, 0.1) is 13.8 Å². The number of hydrogen-bond acceptors (Lipinski definition) is 5. The summed E-state index contributed by atoms with van der Waals surface area (Å²) in [4.78, 5) is 12.3. The van der Waals surface area contributed by atoms with Gasteiger partial charge >= 0.3 is 0 Å². The normalized spacial score (nSPS) is 10.7. The number of carbonyl (C=O) groups excluding carboxylic acids is 1. The molecule has 0 aliphatic rings. The average molecular weight is 418 g/mol. The number of nitrogens with one attached hydrogen (secondary N) is 1. The van der Waals surface area contributed by atoms with Gasteiger partial charge in [-0.05, 0) is 59.7 Å². The Bertz CT molecular complexity index is 897. The van der Waals surface area contributed by atoms with Gasteiger partial charge in [0.25, 0.3) is 0 Å². The lowest BCUT2D eigenvalue weighted by Crippen LogP contribution is -2.15. The van der Waals surface area contributed by atoms with Crippen molar-refractivity contribution in [2.24, 2.45) is 0 Å². The predicted octanol–water partition coefficient (Wildman–Crippen LogP) is 3.77. The minimum atomic E-state index is -0.0996. The van der Waals surface area contributed by atoms with Crippen LogP contribution in [-0.4, -0.2) is 31.9 Å². The van der Waals surface area contributed by atoms with Crippen LogP contribution in [0.5, 0.6) is 0 Å². The molecule has 0 atom stereocenters. The van der Waals surface area contributed by atoms with Crippen LogP contribution in [-0.2, 0) is 4.79 Å². The minimum absolute atomic E-state index is 0.0996. The Balaban J connectivity index is 1.66. The molecular weight excluding hydrogens is 402 g/mol. The monoisotopic (exact) mass is 417 g/mol. The summed E-state index contributed by atoms with van der Waals surface area (Å²) in [6.07, 6.45) is 0. The first-order chi connectivity index (χ1) is 12.1. The second kappa shape index (κ2) is 7.79. The van der Waals surface area contributed by atoms with Crippen molar-refractivity contribution in [3.05, 3.63) is 58.1 Å². The summed E-state index contributed by atoms with van der Waals surface area (Å²) in [6.45, 7) is 4.00. The van der Waals surface area contributed by atoms with E-state index in [1.54, 1.807) is 4.68 Å². The first-order valence-electron chi connectivity index (χ1n) is 7.58. The Morgan fingerprint density at radius 2 is 1.92 bits per heavy atom.